The van der Waals surface area contributed by atoms with Gasteiger partial charge in [0.15, 0.2) is 5.78 Å². The van der Waals surface area contributed by atoms with E-state index in [-0.39, 0.29) is 64.2 Å². The number of allylic oxidation sites excluding steroid dienone is 1. The maximum atomic E-state index is 14.6. The Hall–Kier alpha value is -3.11. The molecule has 8 rings (SSSR count). The van der Waals surface area contributed by atoms with Crippen molar-refractivity contribution in [2.45, 2.75) is 137 Å². The summed E-state index contributed by atoms with van der Waals surface area (Å²) in [5.74, 6) is -0.0471. The van der Waals surface area contributed by atoms with Gasteiger partial charge in [0.1, 0.15) is 16.1 Å². The average Bonchev–Trinajstić information content (AvgIpc) is 3.75. The van der Waals surface area contributed by atoms with Gasteiger partial charge in [-0.2, -0.15) is 0 Å². The van der Waals surface area contributed by atoms with Gasteiger partial charge in [0.05, 0.1) is 22.8 Å². The van der Waals surface area contributed by atoms with Gasteiger partial charge in [-0.3, -0.25) is 19.2 Å². The summed E-state index contributed by atoms with van der Waals surface area (Å²) in [6.07, 6.45) is 8.38. The van der Waals surface area contributed by atoms with Crippen LogP contribution in [0.15, 0.2) is 35.4 Å². The largest absolute Gasteiger partial charge is 0.481 e. The number of hydrogen-bond donors (Lipinski definition) is 2. The lowest BCUT2D eigenvalue weighted by atomic mass is 9.38. The second-order valence-corrected chi connectivity index (χ2v) is 21.6. The molecule has 1 aromatic heterocycles. The number of aromatic nitrogens is 2. The lowest BCUT2D eigenvalue weighted by molar-refractivity contribution is -0.196. The van der Waals surface area contributed by atoms with Gasteiger partial charge in [-0.1, -0.05) is 76.6 Å². The number of amides is 1. The Morgan fingerprint density at radius 1 is 0.930 bits per heavy atom. The molecule has 1 amide bonds. The second kappa shape index (κ2) is 14.3. The van der Waals surface area contributed by atoms with Crippen LogP contribution in [0.2, 0.25) is 5.02 Å². The Kier molecular flexibility index (Phi) is 10.2. The number of ether oxygens (including phenoxy) is 1. The van der Waals surface area contributed by atoms with E-state index < -0.39 is 22.8 Å². The number of carboxylic acids is 1. The summed E-state index contributed by atoms with van der Waals surface area (Å²) < 4.78 is 6.24. The van der Waals surface area contributed by atoms with Crippen molar-refractivity contribution in [2.75, 3.05) is 0 Å². The molecule has 0 spiro atoms. The smallest absolute Gasteiger partial charge is 0.309 e. The van der Waals surface area contributed by atoms with Gasteiger partial charge in [-0.05, 0) is 147 Å². The summed E-state index contributed by atoms with van der Waals surface area (Å²) in [7, 11) is 0. The van der Waals surface area contributed by atoms with Crippen LogP contribution in [0.3, 0.4) is 0 Å². The van der Waals surface area contributed by atoms with Crippen molar-refractivity contribution in [3.05, 3.63) is 45.4 Å². The molecule has 9 nitrogen and oxygen atoms in total. The zero-order valence-corrected chi connectivity index (χ0v) is 36.4. The number of nitrogens with zero attached hydrogens (tertiary/aromatic N) is 2. The minimum atomic E-state index is -0.958. The third-order valence-corrected chi connectivity index (χ3v) is 18.3. The first-order valence-electron chi connectivity index (χ1n) is 21.5. The molecule has 5 saturated carbocycles. The zero-order valence-electron chi connectivity index (χ0n) is 34.8. The van der Waals surface area contributed by atoms with E-state index in [0.717, 1.165) is 67.5 Å². The standard InChI is InChI=1S/C46H60ClN3O6S/c1-23(2)36-33(51)22-46(48-41(55)43(5,6)42-50-49-38(57-42)26-9-11-27(47)12-10-26)20-16-32-28(37(36)46)13-14-35-44(7)19-17-34(25(4)31(44)15-18-45(32,35)8)56-40(54)30-21-29(24(30)3)39(52)53/h9-12,23-25,28-32,34-35H,13-22H2,1-8H3,(H,48,55)(H,52,53). The molecule has 1 aromatic carbocycles. The van der Waals surface area contributed by atoms with Crippen LogP contribution in [0.5, 0.6) is 0 Å². The molecular formula is C46H60ClN3O6S. The normalized spacial score (nSPS) is 38.7. The molecule has 308 valence electrons. The third-order valence-electron chi connectivity index (χ3n) is 16.8. The fourth-order valence-electron chi connectivity index (χ4n) is 13.5. The summed E-state index contributed by atoms with van der Waals surface area (Å²) in [6.45, 7) is 17.3. The molecule has 0 radical (unpaired) electrons. The minimum absolute atomic E-state index is 0.0682. The summed E-state index contributed by atoms with van der Waals surface area (Å²) in [6, 6.07) is 7.47. The van der Waals surface area contributed by atoms with E-state index in [9.17, 15) is 24.3 Å². The van der Waals surface area contributed by atoms with Crippen LogP contribution in [0, 0.1) is 64.1 Å². The first-order valence-corrected chi connectivity index (χ1v) is 22.7. The van der Waals surface area contributed by atoms with Crippen molar-refractivity contribution < 1.29 is 29.0 Å². The molecule has 6 aliphatic rings. The first-order chi connectivity index (χ1) is 26.8. The summed E-state index contributed by atoms with van der Waals surface area (Å²) >= 11 is 7.54. The highest BCUT2D eigenvalue weighted by atomic mass is 35.5. The van der Waals surface area contributed by atoms with Crippen LogP contribution in [0.25, 0.3) is 10.6 Å². The lowest BCUT2D eigenvalue weighted by Gasteiger charge is -2.67. The number of hydrogen-bond acceptors (Lipinski definition) is 8. The van der Waals surface area contributed by atoms with Crippen LogP contribution in [0.4, 0.5) is 0 Å². The molecule has 2 N–H and O–H groups in total. The number of halogens is 1. The van der Waals surface area contributed by atoms with Crippen molar-refractivity contribution in [1.29, 1.82) is 0 Å². The van der Waals surface area contributed by atoms with E-state index in [1.54, 1.807) is 0 Å². The van der Waals surface area contributed by atoms with E-state index in [4.69, 9.17) is 16.3 Å². The van der Waals surface area contributed by atoms with Crippen molar-refractivity contribution in [3.63, 3.8) is 0 Å². The van der Waals surface area contributed by atoms with Crippen LogP contribution in [-0.4, -0.2) is 50.6 Å². The fourth-order valence-corrected chi connectivity index (χ4v) is 14.6. The average molecular weight is 819 g/mol. The zero-order chi connectivity index (χ0) is 41.0. The molecular weight excluding hydrogens is 758 g/mol. The van der Waals surface area contributed by atoms with E-state index in [1.807, 2.05) is 45.0 Å². The number of aliphatic carboxylic acids is 1. The van der Waals surface area contributed by atoms with E-state index >= 15 is 0 Å². The Labute approximate surface area is 346 Å². The number of carbonyl (C=O) groups is 4. The molecule has 12 unspecified atom stereocenters. The summed E-state index contributed by atoms with van der Waals surface area (Å²) in [4.78, 5) is 53.5. The predicted molar refractivity (Wildman–Crippen MR) is 220 cm³/mol. The maximum Gasteiger partial charge on any atom is 0.309 e. The lowest BCUT2D eigenvalue weighted by Crippen LogP contribution is -2.63. The van der Waals surface area contributed by atoms with Gasteiger partial charge in [-0.15, -0.1) is 10.2 Å². The number of nitrogens with one attached hydrogen (secondary N) is 1. The summed E-state index contributed by atoms with van der Waals surface area (Å²) in [5.41, 5.74) is 1.60. The van der Waals surface area contributed by atoms with Crippen LogP contribution < -0.4 is 5.32 Å². The number of rotatable bonds is 8. The fraction of sp³-hybridized carbons (Fsp3) is 0.696. The van der Waals surface area contributed by atoms with Crippen LogP contribution in [-0.2, 0) is 29.3 Å². The predicted octanol–water partition coefficient (Wildman–Crippen LogP) is 9.47. The molecule has 0 aliphatic heterocycles. The number of carbonyl (C=O) groups excluding carboxylic acids is 3. The number of fused-ring (bicyclic) bond motifs is 7. The molecule has 0 bridgehead atoms. The summed E-state index contributed by atoms with van der Waals surface area (Å²) in [5, 5.41) is 24.0. The Bertz CT molecular complexity index is 2010. The second-order valence-electron chi connectivity index (χ2n) is 20.2. The van der Waals surface area contributed by atoms with Crippen molar-refractivity contribution in [2.24, 2.45) is 64.1 Å². The molecule has 1 heterocycles. The van der Waals surface area contributed by atoms with E-state index in [1.165, 1.54) is 16.9 Å². The number of ketones is 1. The first kappa shape index (κ1) is 40.7. The van der Waals surface area contributed by atoms with Crippen LogP contribution >= 0.6 is 22.9 Å². The van der Waals surface area contributed by atoms with E-state index in [0.29, 0.717) is 40.6 Å². The SMILES string of the molecule is CC(C)C1=C2C3CCC4C(C)(CCC5C(C)C(OC(=O)C6CC(C(=O)O)C6C)CCC54C)C3CCC2(NC(=O)C(C)(C)c2nnc(-c3ccc(Cl)cc3)s2)CC1=O. The number of carboxylic acid groups (broad SMARTS) is 1. The highest BCUT2D eigenvalue weighted by Crippen LogP contribution is 2.70. The van der Waals surface area contributed by atoms with Crippen LogP contribution in [0.1, 0.15) is 125 Å². The van der Waals surface area contributed by atoms with Crippen molar-refractivity contribution in [1.82, 2.24) is 15.5 Å². The Morgan fingerprint density at radius 3 is 2.26 bits per heavy atom. The van der Waals surface area contributed by atoms with Gasteiger partial charge in [0.2, 0.25) is 5.91 Å². The minimum Gasteiger partial charge on any atom is -0.481 e. The van der Waals surface area contributed by atoms with Gasteiger partial charge in [-0.25, -0.2) is 0 Å². The highest BCUT2D eigenvalue weighted by Gasteiger charge is 2.65. The van der Waals surface area contributed by atoms with E-state index in [2.05, 4.69) is 50.1 Å². The van der Waals surface area contributed by atoms with Crippen molar-refractivity contribution >= 4 is 46.6 Å². The molecule has 12 atom stereocenters. The van der Waals surface area contributed by atoms with Gasteiger partial charge in [0, 0.05) is 17.0 Å². The van der Waals surface area contributed by atoms with Gasteiger partial charge < -0.3 is 15.2 Å². The van der Waals surface area contributed by atoms with Gasteiger partial charge in [0.25, 0.3) is 0 Å². The van der Waals surface area contributed by atoms with Gasteiger partial charge >= 0.3 is 11.9 Å². The highest BCUT2D eigenvalue weighted by molar-refractivity contribution is 7.15. The molecule has 0 saturated heterocycles. The number of benzene rings is 1. The number of esters is 1. The molecule has 6 aliphatic carbocycles. The monoisotopic (exact) mass is 817 g/mol. The van der Waals surface area contributed by atoms with Crippen molar-refractivity contribution in [3.8, 4) is 10.6 Å². The molecule has 5 fully saturated rings. The third kappa shape index (κ3) is 6.35. The Morgan fingerprint density at radius 2 is 1.60 bits per heavy atom. The maximum absolute atomic E-state index is 14.6. The Balaban J connectivity index is 1.02. The molecule has 57 heavy (non-hydrogen) atoms. The topological polar surface area (TPSA) is 136 Å². The molecule has 2 aromatic rings. The quantitative estimate of drug-likeness (QED) is 0.252. The number of Topliss-reactive ketones (excluding diaryl/α,β-unsaturated/α-hetero) is 1. The molecule has 11 heteroatoms.